The monoisotopic (exact) mass is 597 g/mol. The third-order valence-electron chi connectivity index (χ3n) is 9.10. The van der Waals surface area contributed by atoms with Crippen molar-refractivity contribution < 1.29 is 14.4 Å². The van der Waals surface area contributed by atoms with Gasteiger partial charge in [0.15, 0.2) is 0 Å². The van der Waals surface area contributed by atoms with Crippen LogP contribution in [0.1, 0.15) is 48.4 Å². The van der Waals surface area contributed by atoms with E-state index in [-0.39, 0.29) is 11.8 Å². The molecule has 1 aliphatic carbocycles. The van der Waals surface area contributed by atoms with E-state index in [2.05, 4.69) is 55.2 Å². The van der Waals surface area contributed by atoms with Crippen molar-refractivity contribution in [2.75, 3.05) is 4.90 Å². The van der Waals surface area contributed by atoms with Gasteiger partial charge in [0.2, 0.25) is 11.8 Å². The van der Waals surface area contributed by atoms with Gasteiger partial charge in [0, 0.05) is 5.56 Å². The van der Waals surface area contributed by atoms with Gasteiger partial charge in [-0.25, -0.2) is 0 Å². The molecule has 0 aromatic heterocycles. The normalized spacial score (nSPS) is 17.0. The van der Waals surface area contributed by atoms with Crippen molar-refractivity contribution in [3.05, 3.63) is 126 Å². The molecule has 4 aromatic carbocycles. The highest BCUT2D eigenvalue weighted by Gasteiger charge is 2.40. The number of allylic oxidation sites excluding steroid dienone is 1. The van der Waals surface area contributed by atoms with Crippen molar-refractivity contribution >= 4 is 23.4 Å². The van der Waals surface area contributed by atoms with Gasteiger partial charge in [0.25, 0.3) is 5.91 Å². The molecule has 3 amide bonds. The van der Waals surface area contributed by atoms with Crippen molar-refractivity contribution in [2.24, 2.45) is 23.5 Å². The Bertz CT molecular complexity index is 1740. The zero-order valence-electron chi connectivity index (χ0n) is 25.6. The lowest BCUT2D eigenvalue weighted by Gasteiger charge is -2.29. The molecule has 45 heavy (non-hydrogen) atoms. The molecule has 6 heteroatoms. The predicted molar refractivity (Wildman–Crippen MR) is 179 cm³/mol. The molecule has 2 aliphatic rings. The summed E-state index contributed by atoms with van der Waals surface area (Å²) in [6.45, 7) is 6.18. The second-order valence-electron chi connectivity index (χ2n) is 12.4. The van der Waals surface area contributed by atoms with E-state index < -0.39 is 23.8 Å². The van der Waals surface area contributed by atoms with Crippen LogP contribution in [0.4, 0.5) is 5.69 Å². The molecule has 6 nitrogen and oxygen atoms in total. The Morgan fingerprint density at radius 1 is 0.911 bits per heavy atom. The van der Waals surface area contributed by atoms with Gasteiger partial charge in [0.05, 0.1) is 24.1 Å². The summed E-state index contributed by atoms with van der Waals surface area (Å²) in [6.07, 6.45) is 4.56. The molecular formula is C39H39N3O3. The summed E-state index contributed by atoms with van der Waals surface area (Å²) in [5, 5.41) is 3.11. The van der Waals surface area contributed by atoms with Crippen LogP contribution in [0.15, 0.2) is 110 Å². The van der Waals surface area contributed by atoms with E-state index in [1.807, 2.05) is 60.7 Å². The second kappa shape index (κ2) is 12.9. The Kier molecular flexibility index (Phi) is 8.65. The first-order valence-electron chi connectivity index (χ1n) is 15.7. The van der Waals surface area contributed by atoms with E-state index in [0.717, 1.165) is 51.9 Å². The maximum atomic E-state index is 14.7. The lowest BCUT2D eigenvalue weighted by molar-refractivity contribution is -0.135. The van der Waals surface area contributed by atoms with Crippen molar-refractivity contribution in [3.63, 3.8) is 0 Å². The van der Waals surface area contributed by atoms with E-state index in [1.54, 1.807) is 11.0 Å². The SMILES string of the molecule is C=CC[C@H](C(N)=O)[C@@H](CC1CC1)C(=O)NC1C(=O)N(Cc2cccc(-c3ccc(C)cc3)c2)c2ccccc2-c2ccccc21. The molecular weight excluding hydrogens is 558 g/mol. The third-order valence-corrected chi connectivity index (χ3v) is 9.10. The summed E-state index contributed by atoms with van der Waals surface area (Å²) in [6, 6.07) is 31.3. The molecule has 1 aliphatic heterocycles. The molecule has 3 N–H and O–H groups in total. The van der Waals surface area contributed by atoms with Gasteiger partial charge >= 0.3 is 0 Å². The minimum Gasteiger partial charge on any atom is -0.369 e. The highest BCUT2D eigenvalue weighted by molar-refractivity contribution is 6.06. The van der Waals surface area contributed by atoms with Gasteiger partial charge in [-0.1, -0.05) is 109 Å². The van der Waals surface area contributed by atoms with Gasteiger partial charge in [-0.3, -0.25) is 14.4 Å². The molecule has 1 fully saturated rings. The number of nitrogens with one attached hydrogen (secondary N) is 1. The number of carbonyl (C=O) groups excluding carboxylic acids is 3. The van der Waals surface area contributed by atoms with Crippen molar-refractivity contribution in [3.8, 4) is 22.3 Å². The minimum absolute atomic E-state index is 0.231. The number of hydrogen-bond donors (Lipinski definition) is 2. The summed E-state index contributed by atoms with van der Waals surface area (Å²) >= 11 is 0. The number of para-hydroxylation sites is 1. The molecule has 228 valence electrons. The van der Waals surface area contributed by atoms with Crippen LogP contribution in [0.5, 0.6) is 0 Å². The van der Waals surface area contributed by atoms with E-state index in [4.69, 9.17) is 5.73 Å². The molecule has 0 saturated heterocycles. The number of amides is 3. The van der Waals surface area contributed by atoms with Gasteiger partial charge < -0.3 is 16.0 Å². The molecule has 4 aromatic rings. The second-order valence-corrected chi connectivity index (χ2v) is 12.4. The smallest absolute Gasteiger partial charge is 0.254 e. The first-order chi connectivity index (χ1) is 21.8. The van der Waals surface area contributed by atoms with Crippen LogP contribution in [0, 0.1) is 24.7 Å². The molecule has 0 radical (unpaired) electrons. The Morgan fingerprint density at radius 3 is 2.33 bits per heavy atom. The van der Waals surface area contributed by atoms with Crippen molar-refractivity contribution in [1.29, 1.82) is 0 Å². The first-order valence-corrected chi connectivity index (χ1v) is 15.7. The van der Waals surface area contributed by atoms with E-state index in [0.29, 0.717) is 25.3 Å². The lowest BCUT2D eigenvalue weighted by Crippen LogP contribution is -2.46. The minimum atomic E-state index is -0.944. The van der Waals surface area contributed by atoms with Crippen molar-refractivity contribution in [2.45, 2.75) is 45.2 Å². The number of aryl methyl sites for hydroxylation is 1. The summed E-state index contributed by atoms with van der Waals surface area (Å²) < 4.78 is 0. The average molecular weight is 598 g/mol. The van der Waals surface area contributed by atoms with Crippen molar-refractivity contribution in [1.82, 2.24) is 5.32 Å². The van der Waals surface area contributed by atoms with Crippen LogP contribution in [0.3, 0.4) is 0 Å². The molecule has 3 atom stereocenters. The average Bonchev–Trinajstić information content (AvgIpc) is 3.89. The van der Waals surface area contributed by atoms with Gasteiger partial charge in [-0.15, -0.1) is 6.58 Å². The standard InChI is InChI=1S/C39H39N3O3/c1-3-9-33(37(40)43)34(23-26-18-19-26)38(44)41-36-32-14-5-4-12-30(32)31-13-6-7-15-35(31)42(39(36)45)24-27-10-8-11-29(22-27)28-20-16-25(2)17-21-28/h3-8,10-17,20-22,26,33-34,36H,1,9,18-19,23-24H2,2H3,(H2,40,43)(H,41,44)/t33-,34+,36?/m0/s1. The number of primary amides is 1. The van der Waals surface area contributed by atoms with Crippen LogP contribution < -0.4 is 16.0 Å². The molecule has 1 unspecified atom stereocenters. The quantitative estimate of drug-likeness (QED) is 0.180. The third kappa shape index (κ3) is 6.46. The fraction of sp³-hybridized carbons (Fsp3) is 0.256. The fourth-order valence-electron chi connectivity index (χ4n) is 6.49. The van der Waals surface area contributed by atoms with Gasteiger partial charge in [0.1, 0.15) is 6.04 Å². The number of hydrogen-bond acceptors (Lipinski definition) is 3. The molecule has 1 heterocycles. The van der Waals surface area contributed by atoms with E-state index in [9.17, 15) is 14.4 Å². The Labute approximate surface area is 265 Å². The zero-order valence-corrected chi connectivity index (χ0v) is 25.6. The highest BCUT2D eigenvalue weighted by Crippen LogP contribution is 2.42. The van der Waals surface area contributed by atoms with E-state index >= 15 is 0 Å². The predicted octanol–water partition coefficient (Wildman–Crippen LogP) is 7.13. The Balaban J connectivity index is 1.38. The Hall–Kier alpha value is -4.97. The largest absolute Gasteiger partial charge is 0.369 e. The summed E-state index contributed by atoms with van der Waals surface area (Å²) in [7, 11) is 0. The Morgan fingerprint density at radius 2 is 1.62 bits per heavy atom. The van der Waals surface area contributed by atoms with Gasteiger partial charge in [-0.2, -0.15) is 0 Å². The lowest BCUT2D eigenvalue weighted by atomic mass is 9.83. The van der Waals surface area contributed by atoms with Gasteiger partial charge in [-0.05, 0) is 65.6 Å². The number of anilines is 1. The number of fused-ring (bicyclic) bond motifs is 3. The summed E-state index contributed by atoms with van der Waals surface area (Å²) in [4.78, 5) is 43.1. The molecule has 1 saturated carbocycles. The highest BCUT2D eigenvalue weighted by atomic mass is 16.2. The summed E-state index contributed by atoms with van der Waals surface area (Å²) in [5.41, 5.74) is 13.5. The number of benzene rings is 4. The first kappa shape index (κ1) is 30.1. The van der Waals surface area contributed by atoms with E-state index in [1.165, 1.54) is 5.56 Å². The fourth-order valence-corrected chi connectivity index (χ4v) is 6.49. The number of carbonyl (C=O) groups is 3. The van der Waals surface area contributed by atoms with Crippen LogP contribution in [0.25, 0.3) is 22.3 Å². The molecule has 0 bridgehead atoms. The van der Waals surface area contributed by atoms with Crippen LogP contribution >= 0.6 is 0 Å². The maximum absolute atomic E-state index is 14.7. The maximum Gasteiger partial charge on any atom is 0.254 e. The summed E-state index contributed by atoms with van der Waals surface area (Å²) in [5.74, 6) is -2.02. The molecule has 0 spiro atoms. The topological polar surface area (TPSA) is 92.5 Å². The zero-order chi connectivity index (χ0) is 31.5. The van der Waals surface area contributed by atoms with Crippen LogP contribution in [-0.4, -0.2) is 17.7 Å². The number of nitrogens with zero attached hydrogens (tertiary/aromatic N) is 1. The molecule has 6 rings (SSSR count). The number of nitrogens with two attached hydrogens (primary N) is 1. The number of rotatable bonds is 11. The van der Waals surface area contributed by atoms with Crippen LogP contribution in [-0.2, 0) is 20.9 Å². The van der Waals surface area contributed by atoms with Crippen LogP contribution in [0.2, 0.25) is 0 Å².